The SMILES string of the molecule is CON(C)S(=O)(=O)c1cccc(C(=O)N2CCN(Cc3ccncc3)CC2)c1. The summed E-state index contributed by atoms with van der Waals surface area (Å²) in [5.74, 6) is -0.166. The maximum Gasteiger partial charge on any atom is 0.264 e. The third kappa shape index (κ3) is 4.56. The standard InChI is InChI=1S/C19H24N4O4S/c1-21(27-2)28(25,26)18-5-3-4-17(14-18)19(24)23-12-10-22(11-13-23)15-16-6-8-20-9-7-16/h3-9,14H,10-13,15H2,1-2H3. The van der Waals surface area contributed by atoms with Crippen LogP contribution in [0.3, 0.4) is 0 Å². The van der Waals surface area contributed by atoms with Crippen molar-refractivity contribution in [3.05, 3.63) is 59.9 Å². The number of nitrogens with zero attached hydrogens (tertiary/aromatic N) is 4. The Balaban J connectivity index is 1.65. The van der Waals surface area contributed by atoms with E-state index in [4.69, 9.17) is 4.84 Å². The van der Waals surface area contributed by atoms with Crippen LogP contribution >= 0.6 is 0 Å². The van der Waals surface area contributed by atoms with Crippen LogP contribution in [0.15, 0.2) is 53.7 Å². The van der Waals surface area contributed by atoms with E-state index in [0.717, 1.165) is 24.1 Å². The average molecular weight is 404 g/mol. The molecule has 1 aliphatic heterocycles. The van der Waals surface area contributed by atoms with Gasteiger partial charge in [0.05, 0.1) is 12.0 Å². The van der Waals surface area contributed by atoms with Gasteiger partial charge in [-0.1, -0.05) is 10.5 Å². The number of sulfonamides is 1. The second-order valence-corrected chi connectivity index (χ2v) is 8.48. The quantitative estimate of drug-likeness (QED) is 0.674. The number of rotatable bonds is 6. The maximum atomic E-state index is 12.8. The normalized spacial score (nSPS) is 15.8. The Kier molecular flexibility index (Phi) is 6.40. The lowest BCUT2D eigenvalue weighted by molar-refractivity contribution is -0.0258. The molecular formula is C19H24N4O4S. The van der Waals surface area contributed by atoms with E-state index in [1.165, 1.54) is 31.9 Å². The Bertz CT molecular complexity index is 913. The number of hydroxylamine groups is 1. The van der Waals surface area contributed by atoms with Gasteiger partial charge in [0.25, 0.3) is 15.9 Å². The van der Waals surface area contributed by atoms with Crippen molar-refractivity contribution in [3.8, 4) is 0 Å². The van der Waals surface area contributed by atoms with Crippen LogP contribution in [0.2, 0.25) is 0 Å². The molecule has 1 aromatic heterocycles. The van der Waals surface area contributed by atoms with E-state index in [1.807, 2.05) is 12.1 Å². The molecule has 9 heteroatoms. The number of hydrogen-bond donors (Lipinski definition) is 0. The first-order chi connectivity index (χ1) is 13.4. The molecule has 1 aliphatic rings. The van der Waals surface area contributed by atoms with Gasteiger partial charge in [-0.2, -0.15) is 0 Å². The molecule has 0 unspecified atom stereocenters. The molecule has 2 heterocycles. The van der Waals surface area contributed by atoms with Crippen molar-refractivity contribution in [1.29, 1.82) is 0 Å². The van der Waals surface area contributed by atoms with Crippen molar-refractivity contribution >= 4 is 15.9 Å². The summed E-state index contributed by atoms with van der Waals surface area (Å²) in [4.78, 5) is 25.7. The number of hydrogen-bond acceptors (Lipinski definition) is 6. The average Bonchev–Trinajstić information content (AvgIpc) is 2.74. The van der Waals surface area contributed by atoms with E-state index in [-0.39, 0.29) is 10.8 Å². The zero-order valence-corrected chi connectivity index (χ0v) is 16.8. The van der Waals surface area contributed by atoms with Crippen molar-refractivity contribution in [2.75, 3.05) is 40.3 Å². The molecule has 0 atom stereocenters. The fourth-order valence-electron chi connectivity index (χ4n) is 3.07. The van der Waals surface area contributed by atoms with Gasteiger partial charge < -0.3 is 4.90 Å². The first-order valence-corrected chi connectivity index (χ1v) is 10.4. The summed E-state index contributed by atoms with van der Waals surface area (Å²) in [5, 5.41) is 0. The minimum absolute atomic E-state index is 0.0269. The van der Waals surface area contributed by atoms with Crippen LogP contribution in [-0.4, -0.2) is 73.9 Å². The Morgan fingerprint density at radius 3 is 2.46 bits per heavy atom. The van der Waals surface area contributed by atoms with Gasteiger partial charge in [-0.05, 0) is 35.9 Å². The topological polar surface area (TPSA) is 83.0 Å². The first-order valence-electron chi connectivity index (χ1n) is 8.95. The van der Waals surface area contributed by atoms with Crippen LogP contribution in [0.25, 0.3) is 0 Å². The van der Waals surface area contributed by atoms with Gasteiger partial charge >= 0.3 is 0 Å². The van der Waals surface area contributed by atoms with Crippen LogP contribution in [0.4, 0.5) is 0 Å². The molecule has 1 fully saturated rings. The predicted octanol–water partition coefficient (Wildman–Crippen LogP) is 1.22. The molecule has 150 valence electrons. The zero-order chi connectivity index (χ0) is 20.1. The molecule has 1 saturated heterocycles. The van der Waals surface area contributed by atoms with E-state index in [1.54, 1.807) is 29.4 Å². The number of amides is 1. The fourth-order valence-corrected chi connectivity index (χ4v) is 4.09. The van der Waals surface area contributed by atoms with Gasteiger partial charge in [0, 0.05) is 57.7 Å². The summed E-state index contributed by atoms with van der Waals surface area (Å²) in [6.45, 7) is 3.54. The van der Waals surface area contributed by atoms with E-state index in [0.29, 0.717) is 18.7 Å². The van der Waals surface area contributed by atoms with Gasteiger partial charge in [-0.3, -0.25) is 19.5 Å². The third-order valence-electron chi connectivity index (χ3n) is 4.79. The van der Waals surface area contributed by atoms with Crippen LogP contribution in [0, 0.1) is 0 Å². The Labute approximate surface area is 165 Å². The molecule has 3 rings (SSSR count). The van der Waals surface area contributed by atoms with Crippen molar-refractivity contribution in [3.63, 3.8) is 0 Å². The van der Waals surface area contributed by atoms with Crippen LogP contribution in [0.1, 0.15) is 15.9 Å². The number of carbonyl (C=O) groups is 1. The summed E-state index contributed by atoms with van der Waals surface area (Å²) < 4.78 is 25.6. The summed E-state index contributed by atoms with van der Waals surface area (Å²) in [7, 11) is -1.20. The highest BCUT2D eigenvalue weighted by atomic mass is 32.2. The van der Waals surface area contributed by atoms with Gasteiger partial charge in [-0.25, -0.2) is 8.42 Å². The number of piperazine rings is 1. The van der Waals surface area contributed by atoms with Crippen LogP contribution in [-0.2, 0) is 21.4 Å². The van der Waals surface area contributed by atoms with Crippen molar-refractivity contribution in [2.24, 2.45) is 0 Å². The van der Waals surface area contributed by atoms with Gasteiger partial charge in [-0.15, -0.1) is 0 Å². The first kappa shape index (κ1) is 20.4. The number of pyridine rings is 1. The van der Waals surface area contributed by atoms with Crippen LogP contribution < -0.4 is 0 Å². The molecule has 0 spiro atoms. The Hall–Kier alpha value is -2.33. The van der Waals surface area contributed by atoms with Crippen molar-refractivity contribution in [1.82, 2.24) is 19.3 Å². The lowest BCUT2D eigenvalue weighted by Gasteiger charge is -2.34. The smallest absolute Gasteiger partial charge is 0.264 e. The monoisotopic (exact) mass is 404 g/mol. The Morgan fingerprint density at radius 1 is 1.14 bits per heavy atom. The van der Waals surface area contributed by atoms with E-state index in [2.05, 4.69) is 9.88 Å². The minimum Gasteiger partial charge on any atom is -0.336 e. The molecule has 8 nitrogen and oxygen atoms in total. The summed E-state index contributed by atoms with van der Waals surface area (Å²) >= 11 is 0. The summed E-state index contributed by atoms with van der Waals surface area (Å²) in [6.07, 6.45) is 3.55. The van der Waals surface area contributed by atoms with Crippen molar-refractivity contribution < 1.29 is 18.0 Å². The second kappa shape index (κ2) is 8.78. The van der Waals surface area contributed by atoms with E-state index >= 15 is 0 Å². The number of carbonyl (C=O) groups excluding carboxylic acids is 1. The lowest BCUT2D eigenvalue weighted by Crippen LogP contribution is -2.48. The molecule has 28 heavy (non-hydrogen) atoms. The second-order valence-electron chi connectivity index (χ2n) is 6.55. The Morgan fingerprint density at radius 2 is 1.82 bits per heavy atom. The lowest BCUT2D eigenvalue weighted by atomic mass is 10.1. The molecule has 1 aromatic carbocycles. The minimum atomic E-state index is -3.79. The van der Waals surface area contributed by atoms with E-state index < -0.39 is 10.0 Å². The molecule has 0 saturated carbocycles. The molecule has 2 aromatic rings. The van der Waals surface area contributed by atoms with Gasteiger partial charge in [0.1, 0.15) is 0 Å². The molecule has 0 bridgehead atoms. The zero-order valence-electron chi connectivity index (χ0n) is 16.0. The fraction of sp³-hybridized carbons (Fsp3) is 0.368. The van der Waals surface area contributed by atoms with Gasteiger partial charge in [0.2, 0.25) is 0 Å². The molecule has 1 amide bonds. The van der Waals surface area contributed by atoms with Crippen molar-refractivity contribution in [2.45, 2.75) is 11.4 Å². The highest BCUT2D eigenvalue weighted by Crippen LogP contribution is 2.18. The summed E-state index contributed by atoms with van der Waals surface area (Å²) in [5.41, 5.74) is 1.54. The number of benzene rings is 1. The number of aromatic nitrogens is 1. The maximum absolute atomic E-state index is 12.8. The largest absolute Gasteiger partial charge is 0.336 e. The van der Waals surface area contributed by atoms with Crippen LogP contribution in [0.5, 0.6) is 0 Å². The molecule has 0 radical (unpaired) electrons. The van der Waals surface area contributed by atoms with E-state index in [9.17, 15) is 13.2 Å². The molecule has 0 N–H and O–H groups in total. The third-order valence-corrected chi connectivity index (χ3v) is 6.47. The van der Waals surface area contributed by atoms with Gasteiger partial charge in [0.15, 0.2) is 0 Å². The highest BCUT2D eigenvalue weighted by molar-refractivity contribution is 7.89. The molecular weight excluding hydrogens is 380 g/mol. The molecule has 0 aliphatic carbocycles. The predicted molar refractivity (Wildman–Crippen MR) is 104 cm³/mol. The summed E-state index contributed by atoms with van der Waals surface area (Å²) in [6, 6.07) is 10.0. The highest BCUT2D eigenvalue weighted by Gasteiger charge is 2.25.